The number of ether oxygens (including phenoxy) is 1. The molecule has 23 heavy (non-hydrogen) atoms. The number of hydrogen-bond donors (Lipinski definition) is 1. The maximum atomic E-state index is 13.2. The van der Waals surface area contributed by atoms with Crippen LogP contribution in [-0.2, 0) is 10.9 Å². The molecule has 0 bridgehead atoms. The van der Waals surface area contributed by atoms with Crippen LogP contribution in [0.3, 0.4) is 0 Å². The van der Waals surface area contributed by atoms with Crippen LogP contribution < -0.4 is 5.73 Å². The fourth-order valence-corrected chi connectivity index (χ4v) is 2.58. The summed E-state index contributed by atoms with van der Waals surface area (Å²) >= 11 is 0. The number of nitrogens with zero attached hydrogens (tertiary/aromatic N) is 4. The van der Waals surface area contributed by atoms with Crippen LogP contribution in [-0.4, -0.2) is 48.4 Å². The summed E-state index contributed by atoms with van der Waals surface area (Å²) in [6.45, 7) is 2.34. The molecule has 0 amide bonds. The number of pyridine rings is 1. The Morgan fingerprint density at radius 1 is 1.26 bits per heavy atom. The van der Waals surface area contributed by atoms with E-state index in [0.717, 1.165) is 12.3 Å². The molecule has 124 valence electrons. The second kappa shape index (κ2) is 6.15. The van der Waals surface area contributed by atoms with Gasteiger partial charge in [-0.25, -0.2) is 15.0 Å². The van der Waals surface area contributed by atoms with Gasteiger partial charge in [-0.05, 0) is 6.07 Å². The molecule has 0 aliphatic carbocycles. The summed E-state index contributed by atoms with van der Waals surface area (Å²) in [5.41, 5.74) is 4.62. The van der Waals surface area contributed by atoms with E-state index in [1.54, 1.807) is 6.21 Å². The summed E-state index contributed by atoms with van der Waals surface area (Å²) in [6, 6.07) is 0.181. The minimum Gasteiger partial charge on any atom is -0.384 e. The Hall–Kier alpha value is -2.16. The third-order valence-electron chi connectivity index (χ3n) is 3.72. The van der Waals surface area contributed by atoms with Gasteiger partial charge in [0.25, 0.3) is 0 Å². The van der Waals surface area contributed by atoms with Crippen LogP contribution >= 0.6 is 0 Å². The van der Waals surface area contributed by atoms with Crippen LogP contribution in [0.1, 0.15) is 23.6 Å². The Morgan fingerprint density at radius 2 is 2.00 bits per heavy atom. The van der Waals surface area contributed by atoms with E-state index in [-0.39, 0.29) is 11.4 Å². The highest BCUT2D eigenvalue weighted by Gasteiger charge is 2.36. The number of anilines is 1. The molecule has 0 radical (unpaired) electrons. The normalized spacial score (nSPS) is 22.1. The molecule has 1 aromatic rings. The zero-order valence-corrected chi connectivity index (χ0v) is 12.3. The average Bonchev–Trinajstić information content (AvgIpc) is 2.55. The monoisotopic (exact) mass is 327 g/mol. The van der Waals surface area contributed by atoms with Gasteiger partial charge in [0.2, 0.25) is 5.96 Å². The van der Waals surface area contributed by atoms with Gasteiger partial charge in [-0.2, -0.15) is 13.2 Å². The zero-order chi connectivity index (χ0) is 16.4. The first kappa shape index (κ1) is 15.7. The first-order chi connectivity index (χ1) is 10.9. The Labute approximate surface area is 130 Å². The predicted molar refractivity (Wildman–Crippen MR) is 79.3 cm³/mol. The van der Waals surface area contributed by atoms with E-state index in [2.05, 4.69) is 15.0 Å². The Bertz CT molecular complexity index is 638. The molecule has 3 heterocycles. The molecule has 3 rings (SSSR count). The second-order valence-electron chi connectivity index (χ2n) is 5.29. The summed E-state index contributed by atoms with van der Waals surface area (Å²) in [6.07, 6.45) is -1.46. The summed E-state index contributed by atoms with van der Waals surface area (Å²) in [4.78, 5) is 14.3. The third kappa shape index (κ3) is 3.44. The third-order valence-corrected chi connectivity index (χ3v) is 3.72. The Kier molecular flexibility index (Phi) is 4.20. The molecule has 9 heteroatoms. The largest absolute Gasteiger partial charge is 0.416 e. The molecule has 0 saturated carbocycles. The number of morpholine rings is 1. The second-order valence-corrected chi connectivity index (χ2v) is 5.29. The molecule has 6 nitrogen and oxygen atoms in total. The van der Waals surface area contributed by atoms with Crippen molar-refractivity contribution in [1.82, 2.24) is 9.88 Å². The van der Waals surface area contributed by atoms with Crippen LogP contribution in [0.5, 0.6) is 0 Å². The minimum absolute atomic E-state index is 0.0172. The first-order valence-corrected chi connectivity index (χ1v) is 7.21. The highest BCUT2D eigenvalue weighted by Crippen LogP contribution is 2.37. The maximum absolute atomic E-state index is 13.2. The van der Waals surface area contributed by atoms with Crippen LogP contribution in [0.4, 0.5) is 19.0 Å². The van der Waals surface area contributed by atoms with Gasteiger partial charge in [0.05, 0.1) is 24.8 Å². The summed E-state index contributed by atoms with van der Waals surface area (Å²) in [5.74, 6) is 0.275. The Morgan fingerprint density at radius 3 is 2.70 bits per heavy atom. The molecule has 1 atom stereocenters. The number of rotatable bonds is 1. The molecule has 1 saturated heterocycles. The van der Waals surface area contributed by atoms with Crippen LogP contribution in [0, 0.1) is 0 Å². The maximum Gasteiger partial charge on any atom is 0.416 e. The highest BCUT2D eigenvalue weighted by atomic mass is 19.4. The number of aliphatic imine (C=N–C) groups is 2. The number of alkyl halides is 3. The topological polar surface area (TPSA) is 76.1 Å². The van der Waals surface area contributed by atoms with Gasteiger partial charge in [0, 0.05) is 37.5 Å². The smallest absolute Gasteiger partial charge is 0.384 e. The lowest BCUT2D eigenvalue weighted by Crippen LogP contribution is -2.41. The van der Waals surface area contributed by atoms with Gasteiger partial charge in [-0.15, -0.1) is 0 Å². The predicted octanol–water partition coefficient (Wildman–Crippen LogP) is 1.89. The number of aromatic nitrogens is 1. The zero-order valence-electron chi connectivity index (χ0n) is 12.3. The molecular weight excluding hydrogens is 311 g/mol. The molecular formula is C14H16F3N5O. The lowest BCUT2D eigenvalue weighted by Gasteiger charge is -2.30. The first-order valence-electron chi connectivity index (χ1n) is 7.21. The molecule has 1 fully saturated rings. The van der Waals surface area contributed by atoms with Crippen molar-refractivity contribution < 1.29 is 17.9 Å². The van der Waals surface area contributed by atoms with Gasteiger partial charge in [0.15, 0.2) is 0 Å². The molecule has 1 aromatic heterocycles. The van der Waals surface area contributed by atoms with Crippen molar-refractivity contribution in [1.29, 1.82) is 0 Å². The van der Waals surface area contributed by atoms with E-state index in [1.165, 1.54) is 0 Å². The fourth-order valence-electron chi connectivity index (χ4n) is 2.58. The number of guanidine groups is 1. The van der Waals surface area contributed by atoms with Crippen molar-refractivity contribution >= 4 is 18.0 Å². The van der Waals surface area contributed by atoms with Gasteiger partial charge >= 0.3 is 6.18 Å². The fraction of sp³-hybridized carbons (Fsp3) is 0.500. The summed E-state index contributed by atoms with van der Waals surface area (Å²) in [7, 11) is 0. The minimum atomic E-state index is -4.50. The van der Waals surface area contributed by atoms with E-state index < -0.39 is 17.8 Å². The van der Waals surface area contributed by atoms with Crippen molar-refractivity contribution in [2.24, 2.45) is 9.98 Å². The lowest BCUT2D eigenvalue weighted by atomic mass is 10.00. The van der Waals surface area contributed by atoms with E-state index in [1.807, 2.05) is 4.90 Å². The summed E-state index contributed by atoms with van der Waals surface area (Å²) in [5, 5.41) is 0. The molecule has 2 aliphatic rings. The highest BCUT2D eigenvalue weighted by molar-refractivity contribution is 5.90. The Balaban J connectivity index is 1.92. The SMILES string of the molecule is Nc1cc(C(F)(F)F)c(C2CC=NC(N3CCOCC3)=N2)cn1. The lowest BCUT2D eigenvalue weighted by molar-refractivity contribution is -0.138. The molecule has 1 unspecified atom stereocenters. The molecule has 0 spiro atoms. The van der Waals surface area contributed by atoms with E-state index in [0.29, 0.717) is 38.7 Å². The number of nitrogens with two attached hydrogens (primary N) is 1. The van der Waals surface area contributed by atoms with Gasteiger partial charge in [-0.1, -0.05) is 0 Å². The number of nitrogen functional groups attached to an aromatic ring is 1. The molecule has 2 aliphatic heterocycles. The van der Waals surface area contributed by atoms with Gasteiger partial charge in [0.1, 0.15) is 5.82 Å². The number of hydrogen-bond acceptors (Lipinski definition) is 6. The number of halogens is 3. The van der Waals surface area contributed by atoms with E-state index >= 15 is 0 Å². The van der Waals surface area contributed by atoms with Gasteiger partial charge in [-0.3, -0.25) is 0 Å². The molecule has 0 aromatic carbocycles. The van der Waals surface area contributed by atoms with Crippen LogP contribution in [0.15, 0.2) is 22.2 Å². The van der Waals surface area contributed by atoms with Crippen molar-refractivity contribution in [3.05, 3.63) is 23.4 Å². The van der Waals surface area contributed by atoms with Crippen LogP contribution in [0.25, 0.3) is 0 Å². The quantitative estimate of drug-likeness (QED) is 0.854. The van der Waals surface area contributed by atoms with Crippen molar-refractivity contribution in [3.63, 3.8) is 0 Å². The molecule has 2 N–H and O–H groups in total. The van der Waals surface area contributed by atoms with Crippen molar-refractivity contribution in [3.8, 4) is 0 Å². The summed E-state index contributed by atoms with van der Waals surface area (Å²) < 4.78 is 45.0. The van der Waals surface area contributed by atoms with Crippen molar-refractivity contribution in [2.75, 3.05) is 32.0 Å². The van der Waals surface area contributed by atoms with E-state index in [4.69, 9.17) is 10.5 Å². The standard InChI is InChI=1S/C14H16F3N5O/c15-14(16,17)10-7-12(18)20-8-9(10)11-1-2-19-13(21-11)22-3-5-23-6-4-22/h2,7-8,11H,1,3-6H2,(H2,18,20). The van der Waals surface area contributed by atoms with E-state index in [9.17, 15) is 13.2 Å². The van der Waals surface area contributed by atoms with Gasteiger partial charge < -0.3 is 15.4 Å². The van der Waals surface area contributed by atoms with Crippen LogP contribution in [0.2, 0.25) is 0 Å². The average molecular weight is 327 g/mol. The van der Waals surface area contributed by atoms with Crippen molar-refractivity contribution in [2.45, 2.75) is 18.6 Å².